The summed E-state index contributed by atoms with van der Waals surface area (Å²) in [7, 11) is 9.44. The van der Waals surface area contributed by atoms with Gasteiger partial charge < -0.3 is 77.5 Å². The Kier molecular flexibility index (Phi) is 24.6. The predicted octanol–water partition coefficient (Wildman–Crippen LogP) is 5.29. The number of halogens is 1. The number of likely N-dealkylation sites (N-methyl/N-ethyl adjacent to an activating group) is 1. The van der Waals surface area contributed by atoms with E-state index >= 15 is 4.39 Å². The van der Waals surface area contributed by atoms with E-state index in [1.54, 1.807) is 60.2 Å². The number of aromatic nitrogens is 4. The van der Waals surface area contributed by atoms with Gasteiger partial charge >= 0.3 is 5.97 Å². The first-order chi connectivity index (χ1) is 39.8. The SMILES string of the molecule is CC[C@H]1OC(=O)[C@H](C)[C@@H](O[C@H]2C[C@@](C)(OC)[C@@H](O)[C@H](C)O2)[C@H](C)[C@@H](O[C@@H]2O[C@H](C)C[C@H](N(C)CCc3cn([C@H](CF)[C@H](OC)c4ccc(-c5ccc(COC)[n+](O)c5)cc4)nn3)[C@H]2O)[C@](C)(OC)C[C@@H](C)/C(=N\OCOC)[C@H](C)[C@@H](O)[C@]1(C)O. The summed E-state index contributed by atoms with van der Waals surface area (Å²) in [6, 6.07) is 9.76. The topological polar surface area (TPSA) is 270 Å². The van der Waals surface area contributed by atoms with Crippen molar-refractivity contribution in [2.75, 3.05) is 62.6 Å². The van der Waals surface area contributed by atoms with Crippen molar-refractivity contribution in [2.45, 2.75) is 204 Å². The number of oxime groups is 1. The van der Waals surface area contributed by atoms with Crippen LogP contribution in [0, 0.1) is 23.7 Å². The van der Waals surface area contributed by atoms with Gasteiger partial charge in [-0.2, -0.15) is 0 Å². The molecule has 0 amide bonds. The number of pyridine rings is 1. The van der Waals surface area contributed by atoms with Gasteiger partial charge in [-0.05, 0) is 85.0 Å². The molecule has 474 valence electrons. The number of esters is 1. The number of benzene rings is 1. The van der Waals surface area contributed by atoms with Crippen molar-refractivity contribution in [2.24, 2.45) is 28.8 Å². The summed E-state index contributed by atoms with van der Waals surface area (Å²) in [4.78, 5) is 22.3. The van der Waals surface area contributed by atoms with Crippen LogP contribution in [0.25, 0.3) is 11.1 Å². The molecule has 3 aromatic rings. The Morgan fingerprint density at radius 1 is 0.893 bits per heavy atom. The van der Waals surface area contributed by atoms with Crippen molar-refractivity contribution in [1.82, 2.24) is 19.9 Å². The summed E-state index contributed by atoms with van der Waals surface area (Å²) in [6.07, 6.45) is -6.84. The van der Waals surface area contributed by atoms with Gasteiger partial charge in [0, 0.05) is 95.7 Å². The summed E-state index contributed by atoms with van der Waals surface area (Å²) < 4.78 is 79.3. The normalized spacial score (nSPS) is 36.0. The molecule has 6 rings (SSSR count). The number of aliphatic hydroxyl groups excluding tert-OH is 3. The minimum absolute atomic E-state index is 0.0761. The molecule has 0 radical (unpaired) electrons. The molecule has 3 fully saturated rings. The molecule has 2 aromatic heterocycles. The van der Waals surface area contributed by atoms with E-state index in [1.165, 1.54) is 40.0 Å². The second-order valence-corrected chi connectivity index (χ2v) is 23.9. The van der Waals surface area contributed by atoms with E-state index in [9.17, 15) is 30.4 Å². The smallest absolute Gasteiger partial charge is 0.311 e. The minimum Gasteiger partial charge on any atom is -0.459 e. The van der Waals surface area contributed by atoms with Gasteiger partial charge in [-0.3, -0.25) is 10.0 Å². The number of hydrogen-bond donors (Lipinski definition) is 5. The molecular weight excluding hydrogens is 1100 g/mol. The highest BCUT2D eigenvalue weighted by molar-refractivity contribution is 5.88. The summed E-state index contributed by atoms with van der Waals surface area (Å²) in [5, 5.41) is 71.6. The molecule has 0 aliphatic carbocycles. The Morgan fingerprint density at radius 2 is 1.57 bits per heavy atom. The number of aliphatic hydroxyl groups is 4. The summed E-state index contributed by atoms with van der Waals surface area (Å²) in [6.45, 7) is 17.1. The van der Waals surface area contributed by atoms with Crippen LogP contribution in [0.1, 0.15) is 124 Å². The van der Waals surface area contributed by atoms with Crippen molar-refractivity contribution in [3.8, 4) is 11.1 Å². The molecule has 5 heterocycles. The molecule has 84 heavy (non-hydrogen) atoms. The fraction of sp³-hybridized carbons (Fsp3) is 0.750. The Labute approximate surface area is 494 Å². The molecule has 0 unspecified atom stereocenters. The highest BCUT2D eigenvalue weighted by Crippen LogP contribution is 2.43. The van der Waals surface area contributed by atoms with Gasteiger partial charge in [0.05, 0.1) is 64.6 Å². The molecule has 0 bridgehead atoms. The van der Waals surface area contributed by atoms with E-state index < -0.39 is 133 Å². The molecule has 20 atom stereocenters. The largest absolute Gasteiger partial charge is 0.459 e. The average Bonchev–Trinajstić information content (AvgIpc) is 2.41. The van der Waals surface area contributed by atoms with Crippen LogP contribution in [-0.4, -0.2) is 204 Å². The van der Waals surface area contributed by atoms with E-state index in [0.717, 1.165) is 15.9 Å². The standard InChI is InChI=1S/C60H96FN6O17/c1-17-47-60(10,72)53(69)36(4)49(63-79-33-75-13)34(2)27-59(9,78-16)55(37(5)51(38(6)56(71)82-47)83-48-28-58(8,77-15)54(70)39(7)81-48)84-57-50(68)45(26-35(3)80-57)65(11)25-24-43-31-66(64-62-43)46(29-61)52(76-14)41-20-18-40(19-21-41)42-22-23-44(32-74-12)67(73)30-42/h18-23,30-31,34-39,45-48,50-55,57,68-70,72-73H,17,24-29,32-33H2,1-16H3/q+1/b63-49+/t34-,35-,36+,37+,38-,39+,45+,46-,47-,48+,50-,51+,52-,53-,54+,55-,57+,58-,59-,60-/m1/s1. The first-order valence-electron chi connectivity index (χ1n) is 29.2. The van der Waals surface area contributed by atoms with E-state index in [0.29, 0.717) is 42.0 Å². The monoisotopic (exact) mass is 1190 g/mol. The molecule has 24 heteroatoms. The maximum atomic E-state index is 15.1. The number of methoxy groups -OCH3 is 5. The minimum atomic E-state index is -1.98. The molecule has 0 spiro atoms. The lowest BCUT2D eigenvalue weighted by Gasteiger charge is -2.50. The fourth-order valence-corrected chi connectivity index (χ4v) is 12.5. The second-order valence-electron chi connectivity index (χ2n) is 23.9. The van der Waals surface area contributed by atoms with Crippen LogP contribution in [0.4, 0.5) is 4.39 Å². The molecule has 0 saturated carbocycles. The third-order valence-corrected chi connectivity index (χ3v) is 17.8. The highest BCUT2D eigenvalue weighted by atomic mass is 19.1. The van der Waals surface area contributed by atoms with Crippen molar-refractivity contribution in [3.63, 3.8) is 0 Å². The van der Waals surface area contributed by atoms with Crippen molar-refractivity contribution in [1.29, 1.82) is 0 Å². The maximum absolute atomic E-state index is 15.1. The third-order valence-electron chi connectivity index (χ3n) is 17.8. The van der Waals surface area contributed by atoms with Crippen molar-refractivity contribution >= 4 is 11.7 Å². The number of alkyl halides is 1. The molecule has 1 aromatic carbocycles. The second kappa shape index (κ2) is 30.0. The van der Waals surface area contributed by atoms with Gasteiger partial charge in [-0.15, -0.1) is 5.10 Å². The third kappa shape index (κ3) is 15.7. The molecule has 3 aliphatic rings. The van der Waals surface area contributed by atoms with E-state index in [-0.39, 0.29) is 32.7 Å². The van der Waals surface area contributed by atoms with Crippen LogP contribution in [0.2, 0.25) is 0 Å². The number of nitrogens with zero attached hydrogens (tertiary/aromatic N) is 6. The van der Waals surface area contributed by atoms with E-state index in [1.807, 2.05) is 70.0 Å². The Morgan fingerprint density at radius 3 is 2.18 bits per heavy atom. The molecular formula is C60H96FN6O17+. The van der Waals surface area contributed by atoms with Gasteiger partial charge in [0.2, 0.25) is 13.0 Å². The first-order valence-corrected chi connectivity index (χ1v) is 29.2. The first kappa shape index (κ1) is 68.7. The Bertz CT molecular complexity index is 2570. The van der Waals surface area contributed by atoms with Gasteiger partial charge in [-0.25, -0.2) is 9.07 Å². The van der Waals surface area contributed by atoms with Crippen LogP contribution in [-0.2, 0) is 70.0 Å². The number of ether oxygens (including phenoxy) is 10. The van der Waals surface area contributed by atoms with E-state index in [4.69, 9.17) is 52.2 Å². The lowest BCUT2D eigenvalue weighted by Crippen LogP contribution is -2.61. The van der Waals surface area contributed by atoms with Crippen LogP contribution >= 0.6 is 0 Å². The quantitative estimate of drug-likeness (QED) is 0.0214. The van der Waals surface area contributed by atoms with Gasteiger partial charge in [-0.1, -0.05) is 62.3 Å². The lowest BCUT2D eigenvalue weighted by molar-refractivity contribution is -0.910. The van der Waals surface area contributed by atoms with Gasteiger partial charge in [0.15, 0.2) is 12.6 Å². The molecule has 3 aliphatic heterocycles. The van der Waals surface area contributed by atoms with Crippen molar-refractivity contribution in [3.05, 3.63) is 65.7 Å². The summed E-state index contributed by atoms with van der Waals surface area (Å²) in [5.74, 6) is -4.04. The fourth-order valence-electron chi connectivity index (χ4n) is 12.5. The Hall–Kier alpha value is -4.38. The number of hydrogen-bond acceptors (Lipinski definition) is 21. The zero-order valence-electron chi connectivity index (χ0n) is 52.0. The molecule has 3 saturated heterocycles. The van der Waals surface area contributed by atoms with E-state index in [2.05, 4.69) is 15.5 Å². The number of cyclic esters (lactones) is 1. The number of rotatable bonds is 22. The lowest BCUT2D eigenvalue weighted by atomic mass is 9.73. The molecule has 23 nitrogen and oxygen atoms in total. The number of carbonyl (C=O) groups excluding carboxylic acids is 1. The number of carbonyl (C=O) groups is 1. The highest BCUT2D eigenvalue weighted by Gasteiger charge is 2.54. The summed E-state index contributed by atoms with van der Waals surface area (Å²) in [5.41, 5.74) is -0.550. The van der Waals surface area contributed by atoms with Crippen LogP contribution in [0.15, 0.2) is 53.9 Å². The maximum Gasteiger partial charge on any atom is 0.311 e. The van der Waals surface area contributed by atoms with Gasteiger partial charge in [0.25, 0.3) is 5.69 Å². The zero-order valence-corrected chi connectivity index (χ0v) is 52.0. The predicted molar refractivity (Wildman–Crippen MR) is 304 cm³/mol. The Balaban J connectivity index is 1.29. The average molecular weight is 1190 g/mol. The summed E-state index contributed by atoms with van der Waals surface area (Å²) >= 11 is 0. The van der Waals surface area contributed by atoms with Crippen molar-refractivity contribution < 1.29 is 91.8 Å². The van der Waals surface area contributed by atoms with Gasteiger partial charge in [0.1, 0.15) is 49.3 Å². The van der Waals surface area contributed by atoms with Crippen LogP contribution in [0.5, 0.6) is 0 Å². The molecule has 5 N–H and O–H groups in total. The van der Waals surface area contributed by atoms with Crippen LogP contribution < -0.4 is 4.73 Å². The zero-order chi connectivity index (χ0) is 62.0. The van der Waals surface area contributed by atoms with Crippen LogP contribution in [0.3, 0.4) is 0 Å².